The van der Waals surface area contributed by atoms with Gasteiger partial charge in [0.05, 0.1) is 18.0 Å². The van der Waals surface area contributed by atoms with Crippen LogP contribution in [0.5, 0.6) is 0 Å². The average molecular weight is 369 g/mol. The minimum Gasteiger partial charge on any atom is -0.398 e. The van der Waals surface area contributed by atoms with Gasteiger partial charge in [-0.1, -0.05) is 17.7 Å². The van der Waals surface area contributed by atoms with Crippen LogP contribution < -0.4 is 16.4 Å². The summed E-state index contributed by atoms with van der Waals surface area (Å²) in [4.78, 5) is 13.5. The van der Waals surface area contributed by atoms with Crippen LogP contribution in [0.15, 0.2) is 24.5 Å². The molecule has 0 radical (unpaired) electrons. The number of hydrogen-bond acceptors (Lipinski definition) is 7. The smallest absolute Gasteiger partial charge is 0.227 e. The lowest BCUT2D eigenvalue weighted by atomic mass is 10.0. The van der Waals surface area contributed by atoms with E-state index in [2.05, 4.69) is 31.7 Å². The Morgan fingerprint density at radius 1 is 1.30 bits per heavy atom. The standard InChI is InChI=1S/C19H27N7O/c1-11-6-7-14(20)13(8-11)9-21-16-15-17(26(5)10-22-15)25-18(24-16)23-12(2)19(3,4)27/h6-8,10,12,27H,9,20H2,1-5H3,(H2,21,23,24,25). The van der Waals surface area contributed by atoms with Crippen molar-refractivity contribution in [3.63, 3.8) is 0 Å². The maximum atomic E-state index is 10.2. The van der Waals surface area contributed by atoms with Crippen LogP contribution in [0.25, 0.3) is 11.2 Å². The van der Waals surface area contributed by atoms with Gasteiger partial charge in [-0.25, -0.2) is 4.98 Å². The van der Waals surface area contributed by atoms with E-state index in [9.17, 15) is 5.11 Å². The summed E-state index contributed by atoms with van der Waals surface area (Å²) >= 11 is 0. The summed E-state index contributed by atoms with van der Waals surface area (Å²) in [6, 6.07) is 5.71. The van der Waals surface area contributed by atoms with Gasteiger partial charge in [0.15, 0.2) is 17.0 Å². The third-order valence-corrected chi connectivity index (χ3v) is 4.71. The first-order chi connectivity index (χ1) is 12.6. The van der Waals surface area contributed by atoms with Crippen LogP contribution >= 0.6 is 0 Å². The molecule has 144 valence electrons. The van der Waals surface area contributed by atoms with Crippen molar-refractivity contribution >= 4 is 28.6 Å². The highest BCUT2D eigenvalue weighted by molar-refractivity contribution is 5.84. The Bertz CT molecular complexity index is 959. The molecule has 8 heteroatoms. The van der Waals surface area contributed by atoms with Crippen molar-refractivity contribution in [3.8, 4) is 0 Å². The van der Waals surface area contributed by atoms with Crippen LogP contribution in [0.1, 0.15) is 31.9 Å². The number of imidazole rings is 1. The van der Waals surface area contributed by atoms with Crippen molar-refractivity contribution in [2.75, 3.05) is 16.4 Å². The van der Waals surface area contributed by atoms with E-state index < -0.39 is 5.60 Å². The minimum absolute atomic E-state index is 0.233. The van der Waals surface area contributed by atoms with Crippen molar-refractivity contribution in [2.24, 2.45) is 7.05 Å². The molecule has 1 atom stereocenters. The number of fused-ring (bicyclic) bond motifs is 1. The molecule has 3 aromatic rings. The fourth-order valence-corrected chi connectivity index (χ4v) is 2.63. The molecule has 0 bridgehead atoms. The van der Waals surface area contributed by atoms with Crippen LogP contribution in [0.4, 0.5) is 17.5 Å². The molecule has 1 aromatic carbocycles. The highest BCUT2D eigenvalue weighted by atomic mass is 16.3. The molecule has 27 heavy (non-hydrogen) atoms. The molecular weight excluding hydrogens is 342 g/mol. The number of benzene rings is 1. The van der Waals surface area contributed by atoms with Crippen LogP contribution in [0.2, 0.25) is 0 Å². The van der Waals surface area contributed by atoms with Crippen LogP contribution in [-0.2, 0) is 13.6 Å². The molecule has 8 nitrogen and oxygen atoms in total. The van der Waals surface area contributed by atoms with Crippen molar-refractivity contribution in [1.29, 1.82) is 0 Å². The van der Waals surface area contributed by atoms with Gasteiger partial charge >= 0.3 is 0 Å². The number of aryl methyl sites for hydroxylation is 2. The number of anilines is 3. The number of aliphatic hydroxyl groups is 1. The summed E-state index contributed by atoms with van der Waals surface area (Å²) in [6.07, 6.45) is 1.70. The zero-order chi connectivity index (χ0) is 19.8. The third-order valence-electron chi connectivity index (χ3n) is 4.71. The fourth-order valence-electron chi connectivity index (χ4n) is 2.63. The maximum absolute atomic E-state index is 10.2. The van der Waals surface area contributed by atoms with Gasteiger partial charge in [0.25, 0.3) is 0 Å². The molecule has 0 aliphatic carbocycles. The quantitative estimate of drug-likeness (QED) is 0.493. The first-order valence-electron chi connectivity index (χ1n) is 8.92. The van der Waals surface area contributed by atoms with Crippen molar-refractivity contribution < 1.29 is 5.11 Å². The van der Waals surface area contributed by atoms with Gasteiger partial charge in [-0.2, -0.15) is 9.97 Å². The first kappa shape index (κ1) is 18.9. The molecule has 2 heterocycles. The summed E-state index contributed by atoms with van der Waals surface area (Å²) < 4.78 is 1.84. The molecule has 0 spiro atoms. The zero-order valence-electron chi connectivity index (χ0n) is 16.4. The molecule has 0 aliphatic heterocycles. The minimum atomic E-state index is -0.908. The predicted octanol–water partition coefficient (Wildman–Crippen LogP) is 2.44. The van der Waals surface area contributed by atoms with Crippen molar-refractivity contribution in [1.82, 2.24) is 19.5 Å². The topological polar surface area (TPSA) is 114 Å². The van der Waals surface area contributed by atoms with Crippen LogP contribution in [0.3, 0.4) is 0 Å². The molecule has 0 amide bonds. The van der Waals surface area contributed by atoms with Gasteiger partial charge in [-0.15, -0.1) is 0 Å². The van der Waals surface area contributed by atoms with Gasteiger partial charge in [0.2, 0.25) is 5.95 Å². The SMILES string of the molecule is Cc1ccc(N)c(CNc2nc(NC(C)C(C)(C)O)nc3c2ncn3C)c1. The molecule has 1 unspecified atom stereocenters. The van der Waals surface area contributed by atoms with Gasteiger partial charge < -0.3 is 26.0 Å². The number of nitrogen functional groups attached to an aromatic ring is 1. The Kier molecular flexibility index (Phi) is 4.93. The summed E-state index contributed by atoms with van der Waals surface area (Å²) in [7, 11) is 1.88. The van der Waals surface area contributed by atoms with E-state index >= 15 is 0 Å². The summed E-state index contributed by atoms with van der Waals surface area (Å²) in [5.74, 6) is 1.05. The lowest BCUT2D eigenvalue weighted by Gasteiger charge is -2.26. The first-order valence-corrected chi connectivity index (χ1v) is 8.92. The van der Waals surface area contributed by atoms with Gasteiger partial charge in [-0.05, 0) is 39.3 Å². The number of nitrogens with two attached hydrogens (primary N) is 1. The summed E-state index contributed by atoms with van der Waals surface area (Å²) in [5.41, 5.74) is 9.44. The van der Waals surface area contributed by atoms with Gasteiger partial charge in [0.1, 0.15) is 0 Å². The normalized spacial score (nSPS) is 13.0. The molecule has 0 fully saturated rings. The second kappa shape index (κ2) is 7.03. The second-order valence-corrected chi connectivity index (χ2v) is 7.50. The van der Waals surface area contributed by atoms with E-state index in [0.29, 0.717) is 29.5 Å². The molecule has 2 aromatic heterocycles. The summed E-state index contributed by atoms with van der Waals surface area (Å²) in [5, 5.41) is 16.7. The number of rotatable bonds is 6. The third kappa shape index (κ3) is 4.11. The van der Waals surface area contributed by atoms with E-state index in [4.69, 9.17) is 5.73 Å². The average Bonchev–Trinajstić information content (AvgIpc) is 2.96. The Labute approximate surface area is 158 Å². The van der Waals surface area contributed by atoms with Crippen molar-refractivity contribution in [2.45, 2.75) is 45.9 Å². The van der Waals surface area contributed by atoms with E-state index in [1.165, 1.54) is 0 Å². The Balaban J connectivity index is 1.92. The molecule has 0 saturated carbocycles. The monoisotopic (exact) mass is 369 g/mol. The van der Waals surface area contributed by atoms with E-state index in [0.717, 1.165) is 16.8 Å². The van der Waals surface area contributed by atoms with E-state index in [-0.39, 0.29) is 6.04 Å². The number of nitrogens with one attached hydrogen (secondary N) is 2. The molecule has 3 rings (SSSR count). The number of nitrogens with zero attached hydrogens (tertiary/aromatic N) is 4. The van der Waals surface area contributed by atoms with Gasteiger partial charge in [0, 0.05) is 19.3 Å². The molecular formula is C19H27N7O. The number of hydrogen-bond donors (Lipinski definition) is 4. The fraction of sp³-hybridized carbons (Fsp3) is 0.421. The number of aromatic nitrogens is 4. The predicted molar refractivity (Wildman–Crippen MR) is 109 cm³/mol. The Morgan fingerprint density at radius 3 is 2.74 bits per heavy atom. The largest absolute Gasteiger partial charge is 0.398 e. The lowest BCUT2D eigenvalue weighted by molar-refractivity contribution is 0.0646. The highest BCUT2D eigenvalue weighted by Crippen LogP contribution is 2.23. The van der Waals surface area contributed by atoms with Crippen LogP contribution in [0, 0.1) is 6.92 Å². The van der Waals surface area contributed by atoms with Crippen LogP contribution in [-0.4, -0.2) is 36.3 Å². The molecule has 0 aliphatic rings. The Morgan fingerprint density at radius 2 is 2.04 bits per heavy atom. The zero-order valence-corrected chi connectivity index (χ0v) is 16.4. The molecule has 0 saturated heterocycles. The highest BCUT2D eigenvalue weighted by Gasteiger charge is 2.23. The maximum Gasteiger partial charge on any atom is 0.227 e. The molecule has 5 N–H and O–H groups in total. The van der Waals surface area contributed by atoms with Crippen molar-refractivity contribution in [3.05, 3.63) is 35.7 Å². The van der Waals surface area contributed by atoms with E-state index in [1.54, 1.807) is 20.2 Å². The second-order valence-electron chi connectivity index (χ2n) is 7.50. The Hall–Kier alpha value is -2.87. The van der Waals surface area contributed by atoms with Gasteiger partial charge in [-0.3, -0.25) is 0 Å². The summed E-state index contributed by atoms with van der Waals surface area (Å²) in [6.45, 7) is 7.93. The van der Waals surface area contributed by atoms with E-state index in [1.807, 2.05) is 37.6 Å². The lowest BCUT2D eigenvalue weighted by Crippen LogP contribution is -2.39.